The summed E-state index contributed by atoms with van der Waals surface area (Å²) in [6, 6.07) is 13.1. The third kappa shape index (κ3) is 7.47. The van der Waals surface area contributed by atoms with Crippen molar-refractivity contribution in [2.45, 2.75) is 52.7 Å². The van der Waals surface area contributed by atoms with Gasteiger partial charge in [-0.3, -0.25) is 13.9 Å². The monoisotopic (exact) mass is 493 g/mol. The minimum atomic E-state index is -3.76. The maximum absolute atomic E-state index is 13.6. The zero-order valence-electron chi connectivity index (χ0n) is 19.7. The third-order valence-electron chi connectivity index (χ3n) is 5.08. The smallest absolute Gasteiger partial charge is 0.244 e. The Hall–Kier alpha value is -2.58. The average Bonchev–Trinajstić information content (AvgIpc) is 2.71. The Morgan fingerprint density at radius 3 is 2.30 bits per heavy atom. The largest absolute Gasteiger partial charge is 0.352 e. The molecule has 1 atom stereocenters. The first-order valence-corrected chi connectivity index (χ1v) is 13.0. The van der Waals surface area contributed by atoms with Gasteiger partial charge in [0.2, 0.25) is 21.8 Å². The van der Waals surface area contributed by atoms with Crippen molar-refractivity contribution in [3.05, 3.63) is 64.7 Å². The molecule has 2 aromatic rings. The van der Waals surface area contributed by atoms with Crippen LogP contribution in [0.4, 0.5) is 5.69 Å². The number of aryl methyl sites for hydroxylation is 1. The van der Waals surface area contributed by atoms with Crippen LogP contribution in [0.2, 0.25) is 5.02 Å². The summed E-state index contributed by atoms with van der Waals surface area (Å²) in [5.74, 6) is -0.790. The number of nitrogens with one attached hydrogen (secondary N) is 1. The Morgan fingerprint density at radius 1 is 1.09 bits per heavy atom. The fourth-order valence-electron chi connectivity index (χ4n) is 3.51. The van der Waals surface area contributed by atoms with E-state index in [0.717, 1.165) is 16.1 Å². The van der Waals surface area contributed by atoms with Crippen molar-refractivity contribution in [1.82, 2.24) is 10.2 Å². The number of nitrogens with zero attached hydrogens (tertiary/aromatic N) is 2. The Bertz CT molecular complexity index is 1090. The number of sulfonamides is 1. The standard InChI is InChI=1S/C24H32ClN3O4S/c1-6-22(24(30)26-17(2)3)27(15-19-11-7-8-13-21(19)25)23(29)16-28(33(5,31)32)20-12-9-10-18(4)14-20/h7-14,17,22H,6,15-16H2,1-5H3,(H,26,30). The van der Waals surface area contributed by atoms with Crippen molar-refractivity contribution in [2.24, 2.45) is 0 Å². The van der Waals surface area contributed by atoms with E-state index in [2.05, 4.69) is 5.32 Å². The molecule has 2 aromatic carbocycles. The molecule has 0 saturated heterocycles. The van der Waals surface area contributed by atoms with Crippen LogP contribution in [0.3, 0.4) is 0 Å². The van der Waals surface area contributed by atoms with Gasteiger partial charge < -0.3 is 10.2 Å². The summed E-state index contributed by atoms with van der Waals surface area (Å²) in [4.78, 5) is 27.9. The van der Waals surface area contributed by atoms with Crippen LogP contribution in [-0.4, -0.2) is 50.0 Å². The van der Waals surface area contributed by atoms with E-state index in [-0.39, 0.29) is 18.5 Å². The van der Waals surface area contributed by atoms with Crippen molar-refractivity contribution in [1.29, 1.82) is 0 Å². The van der Waals surface area contributed by atoms with Crippen LogP contribution in [0.5, 0.6) is 0 Å². The molecule has 9 heteroatoms. The van der Waals surface area contributed by atoms with E-state index < -0.39 is 28.5 Å². The van der Waals surface area contributed by atoms with Crippen LogP contribution in [-0.2, 0) is 26.2 Å². The van der Waals surface area contributed by atoms with Crippen LogP contribution in [0, 0.1) is 6.92 Å². The predicted molar refractivity (Wildman–Crippen MR) is 133 cm³/mol. The Kier molecular flexibility index (Phi) is 9.31. The summed E-state index contributed by atoms with van der Waals surface area (Å²) in [6.45, 7) is 6.99. The maximum Gasteiger partial charge on any atom is 0.244 e. The minimum absolute atomic E-state index is 0.0773. The van der Waals surface area contributed by atoms with Gasteiger partial charge in [0.1, 0.15) is 12.6 Å². The zero-order chi connectivity index (χ0) is 24.8. The molecule has 0 fully saturated rings. The molecule has 0 radical (unpaired) electrons. The van der Waals surface area contributed by atoms with Crippen molar-refractivity contribution in [2.75, 3.05) is 17.1 Å². The number of benzene rings is 2. The fraction of sp³-hybridized carbons (Fsp3) is 0.417. The quantitative estimate of drug-likeness (QED) is 0.546. The van der Waals surface area contributed by atoms with Crippen molar-refractivity contribution < 1.29 is 18.0 Å². The van der Waals surface area contributed by atoms with Crippen LogP contribution < -0.4 is 9.62 Å². The van der Waals surface area contributed by atoms with Crippen LogP contribution in [0.25, 0.3) is 0 Å². The number of anilines is 1. The molecule has 0 aromatic heterocycles. The highest BCUT2D eigenvalue weighted by atomic mass is 35.5. The summed E-state index contributed by atoms with van der Waals surface area (Å²) < 4.78 is 26.2. The first-order chi connectivity index (χ1) is 15.4. The van der Waals surface area contributed by atoms with E-state index in [0.29, 0.717) is 22.7 Å². The molecule has 0 saturated carbocycles. The van der Waals surface area contributed by atoms with E-state index in [4.69, 9.17) is 11.6 Å². The lowest BCUT2D eigenvalue weighted by Gasteiger charge is -2.33. The van der Waals surface area contributed by atoms with Crippen molar-refractivity contribution in [3.63, 3.8) is 0 Å². The number of amides is 2. The molecule has 0 aliphatic heterocycles. The van der Waals surface area contributed by atoms with Crippen LogP contribution >= 0.6 is 11.6 Å². The number of rotatable bonds is 10. The molecule has 0 heterocycles. The SMILES string of the molecule is CCC(C(=O)NC(C)C)N(Cc1ccccc1Cl)C(=O)CN(c1cccc(C)c1)S(C)(=O)=O. The lowest BCUT2D eigenvalue weighted by molar-refractivity contribution is -0.140. The molecule has 0 aliphatic rings. The predicted octanol–water partition coefficient (Wildman–Crippen LogP) is 3.75. The molecule has 2 rings (SSSR count). The molecule has 180 valence electrons. The highest BCUT2D eigenvalue weighted by molar-refractivity contribution is 7.92. The second kappa shape index (κ2) is 11.5. The molecule has 0 aliphatic carbocycles. The molecule has 33 heavy (non-hydrogen) atoms. The highest BCUT2D eigenvalue weighted by Gasteiger charge is 2.32. The summed E-state index contributed by atoms with van der Waals surface area (Å²) in [6.07, 6.45) is 1.42. The Labute approximate surface area is 201 Å². The van der Waals surface area contributed by atoms with Gasteiger partial charge in [-0.25, -0.2) is 8.42 Å². The third-order valence-corrected chi connectivity index (χ3v) is 6.59. The molecule has 7 nitrogen and oxygen atoms in total. The minimum Gasteiger partial charge on any atom is -0.352 e. The summed E-state index contributed by atoms with van der Waals surface area (Å²) >= 11 is 6.33. The molecule has 0 bridgehead atoms. The number of carbonyl (C=O) groups is 2. The van der Waals surface area contributed by atoms with Gasteiger partial charge in [-0.15, -0.1) is 0 Å². The molecule has 1 N–H and O–H groups in total. The Morgan fingerprint density at radius 2 is 1.76 bits per heavy atom. The van der Waals surface area contributed by atoms with Gasteiger partial charge >= 0.3 is 0 Å². The molecule has 0 spiro atoms. The van der Waals surface area contributed by atoms with Gasteiger partial charge in [-0.05, 0) is 56.5 Å². The molecule has 2 amide bonds. The van der Waals surface area contributed by atoms with Gasteiger partial charge in [0.05, 0.1) is 11.9 Å². The van der Waals surface area contributed by atoms with E-state index in [9.17, 15) is 18.0 Å². The first kappa shape index (κ1) is 26.7. The van der Waals surface area contributed by atoms with Crippen molar-refractivity contribution in [3.8, 4) is 0 Å². The fourth-order valence-corrected chi connectivity index (χ4v) is 4.54. The Balaban J connectivity index is 2.46. The topological polar surface area (TPSA) is 86.8 Å². The van der Waals surface area contributed by atoms with E-state index in [1.54, 1.807) is 42.5 Å². The average molecular weight is 494 g/mol. The number of carbonyl (C=O) groups excluding carboxylic acids is 2. The van der Waals surface area contributed by atoms with Gasteiger partial charge in [0, 0.05) is 17.6 Å². The lowest BCUT2D eigenvalue weighted by atomic mass is 10.1. The van der Waals surface area contributed by atoms with Gasteiger partial charge in [0.25, 0.3) is 0 Å². The molecular weight excluding hydrogens is 462 g/mol. The van der Waals surface area contributed by atoms with Crippen LogP contribution in [0.15, 0.2) is 48.5 Å². The number of hydrogen-bond donors (Lipinski definition) is 1. The molecular formula is C24H32ClN3O4S. The molecule has 1 unspecified atom stereocenters. The summed E-state index contributed by atoms with van der Waals surface area (Å²) in [7, 11) is -3.76. The van der Waals surface area contributed by atoms with E-state index in [1.807, 2.05) is 33.8 Å². The second-order valence-corrected chi connectivity index (χ2v) is 10.6. The normalized spacial score (nSPS) is 12.3. The highest BCUT2D eigenvalue weighted by Crippen LogP contribution is 2.22. The van der Waals surface area contributed by atoms with Crippen molar-refractivity contribution >= 4 is 39.1 Å². The zero-order valence-corrected chi connectivity index (χ0v) is 21.3. The van der Waals surface area contributed by atoms with Crippen LogP contribution in [0.1, 0.15) is 38.3 Å². The summed E-state index contributed by atoms with van der Waals surface area (Å²) in [5, 5.41) is 3.32. The second-order valence-electron chi connectivity index (χ2n) is 8.31. The van der Waals surface area contributed by atoms with E-state index in [1.165, 1.54) is 4.90 Å². The van der Waals surface area contributed by atoms with Gasteiger partial charge in [0.15, 0.2) is 0 Å². The summed E-state index contributed by atoms with van der Waals surface area (Å²) in [5.41, 5.74) is 1.93. The van der Waals surface area contributed by atoms with Gasteiger partial charge in [-0.2, -0.15) is 0 Å². The maximum atomic E-state index is 13.6. The van der Waals surface area contributed by atoms with Gasteiger partial charge in [-0.1, -0.05) is 48.9 Å². The van der Waals surface area contributed by atoms with E-state index >= 15 is 0 Å². The first-order valence-electron chi connectivity index (χ1n) is 10.8. The number of halogens is 1. The lowest BCUT2D eigenvalue weighted by Crippen LogP contribution is -2.53. The number of hydrogen-bond acceptors (Lipinski definition) is 4.